The lowest BCUT2D eigenvalue weighted by atomic mass is 10.3. The van der Waals surface area contributed by atoms with Crippen LogP contribution in [0.15, 0.2) is 46.2 Å². The number of hydrogen-bond donors (Lipinski definition) is 2. The highest BCUT2D eigenvalue weighted by Crippen LogP contribution is 2.43. The van der Waals surface area contributed by atoms with E-state index in [1.165, 1.54) is 45.9 Å². The average molecular weight is 312 g/mol. The molecular weight excluding hydrogens is 298 g/mol. The zero-order valence-corrected chi connectivity index (χ0v) is 12.7. The molecular formula is C14H14F2N2S2. The zero-order valence-electron chi connectivity index (χ0n) is 11.0. The van der Waals surface area contributed by atoms with Gasteiger partial charge in [0.1, 0.15) is 11.6 Å². The van der Waals surface area contributed by atoms with Gasteiger partial charge in [-0.25, -0.2) is 8.78 Å². The average Bonchev–Trinajstić information content (AvgIpc) is 2.45. The third kappa shape index (κ3) is 3.58. The van der Waals surface area contributed by atoms with Gasteiger partial charge in [-0.15, -0.1) is 0 Å². The molecule has 0 unspecified atom stereocenters. The van der Waals surface area contributed by atoms with Crippen LogP contribution in [0.4, 0.5) is 20.2 Å². The molecule has 0 aliphatic heterocycles. The first-order valence-electron chi connectivity index (χ1n) is 5.93. The third-order valence-electron chi connectivity index (χ3n) is 2.65. The summed E-state index contributed by atoms with van der Waals surface area (Å²) < 4.78 is 26.6. The van der Waals surface area contributed by atoms with E-state index in [1.54, 1.807) is 26.2 Å². The van der Waals surface area contributed by atoms with E-state index in [0.717, 1.165) is 21.2 Å². The maximum Gasteiger partial charge on any atom is 0.124 e. The summed E-state index contributed by atoms with van der Waals surface area (Å²) in [6, 6.07) is 9.10. The third-order valence-corrected chi connectivity index (χ3v) is 5.09. The minimum absolute atomic E-state index is 0.291. The first kappa shape index (κ1) is 15.0. The summed E-state index contributed by atoms with van der Waals surface area (Å²) in [6.07, 6.45) is 0. The van der Waals surface area contributed by atoms with Gasteiger partial charge in [0.25, 0.3) is 0 Å². The highest BCUT2D eigenvalue weighted by Gasteiger charge is 2.08. The summed E-state index contributed by atoms with van der Waals surface area (Å²) in [6.45, 7) is 0. The Morgan fingerprint density at radius 2 is 1.15 bits per heavy atom. The van der Waals surface area contributed by atoms with Gasteiger partial charge in [0, 0.05) is 35.3 Å². The molecule has 0 radical (unpaired) electrons. The highest BCUT2D eigenvalue weighted by atomic mass is 33.1. The normalized spacial score (nSPS) is 10.4. The van der Waals surface area contributed by atoms with Crippen LogP contribution in [0.3, 0.4) is 0 Å². The van der Waals surface area contributed by atoms with Crippen LogP contribution >= 0.6 is 21.6 Å². The Kier molecular flexibility index (Phi) is 5.14. The van der Waals surface area contributed by atoms with E-state index in [0.29, 0.717) is 0 Å². The molecule has 106 valence electrons. The van der Waals surface area contributed by atoms with Crippen molar-refractivity contribution in [3.63, 3.8) is 0 Å². The lowest BCUT2D eigenvalue weighted by Crippen LogP contribution is -1.92. The minimum atomic E-state index is -0.291. The minimum Gasteiger partial charge on any atom is -0.387 e. The van der Waals surface area contributed by atoms with Gasteiger partial charge in [-0.2, -0.15) is 0 Å². The van der Waals surface area contributed by atoms with Crippen molar-refractivity contribution < 1.29 is 8.78 Å². The van der Waals surface area contributed by atoms with E-state index in [2.05, 4.69) is 10.6 Å². The summed E-state index contributed by atoms with van der Waals surface area (Å²) in [5, 5.41) is 6.02. The highest BCUT2D eigenvalue weighted by molar-refractivity contribution is 8.76. The number of benzene rings is 2. The van der Waals surface area contributed by atoms with E-state index in [1.807, 2.05) is 0 Å². The molecule has 0 saturated carbocycles. The number of anilines is 2. The fraction of sp³-hybridized carbons (Fsp3) is 0.143. The topological polar surface area (TPSA) is 24.1 Å². The first-order valence-corrected chi connectivity index (χ1v) is 8.08. The molecule has 6 heteroatoms. The standard InChI is InChI=1S/C14H14F2N2S2/c1-17-11-5-3-9(15)7-13(11)19-20-14-8-10(16)4-6-12(14)18-2/h3-8,17-18H,1-2H3. The molecule has 0 aliphatic carbocycles. The Morgan fingerprint density at radius 1 is 0.750 bits per heavy atom. The van der Waals surface area contributed by atoms with Gasteiger partial charge in [-0.1, -0.05) is 21.6 Å². The van der Waals surface area contributed by atoms with Gasteiger partial charge in [0.15, 0.2) is 0 Å². The molecule has 2 N–H and O–H groups in total. The van der Waals surface area contributed by atoms with Crippen LogP contribution in [0.1, 0.15) is 0 Å². The molecule has 2 nitrogen and oxygen atoms in total. The van der Waals surface area contributed by atoms with Crippen LogP contribution < -0.4 is 10.6 Å². The van der Waals surface area contributed by atoms with E-state index in [-0.39, 0.29) is 11.6 Å². The lowest BCUT2D eigenvalue weighted by Gasteiger charge is -2.11. The van der Waals surface area contributed by atoms with Crippen molar-refractivity contribution in [2.45, 2.75) is 9.79 Å². The smallest absolute Gasteiger partial charge is 0.124 e. The number of halogens is 2. The molecule has 0 heterocycles. The Morgan fingerprint density at radius 3 is 1.50 bits per heavy atom. The van der Waals surface area contributed by atoms with Crippen LogP contribution in [-0.4, -0.2) is 14.1 Å². The van der Waals surface area contributed by atoms with Crippen molar-refractivity contribution in [3.05, 3.63) is 48.0 Å². The second-order valence-corrected chi connectivity index (χ2v) is 6.16. The SMILES string of the molecule is CNc1ccc(F)cc1SSc1cc(F)ccc1NC. The van der Waals surface area contributed by atoms with Crippen LogP contribution in [-0.2, 0) is 0 Å². The molecule has 2 aromatic carbocycles. The van der Waals surface area contributed by atoms with Gasteiger partial charge >= 0.3 is 0 Å². The maximum atomic E-state index is 13.3. The fourth-order valence-electron chi connectivity index (χ4n) is 1.63. The number of nitrogens with one attached hydrogen (secondary N) is 2. The Bertz CT molecular complexity index is 552. The zero-order chi connectivity index (χ0) is 14.5. The van der Waals surface area contributed by atoms with Gasteiger partial charge < -0.3 is 10.6 Å². The number of rotatable bonds is 5. The summed E-state index contributed by atoms with van der Waals surface area (Å²) in [4.78, 5) is 1.53. The van der Waals surface area contributed by atoms with Crippen molar-refractivity contribution in [1.82, 2.24) is 0 Å². The number of hydrogen-bond acceptors (Lipinski definition) is 4. The molecule has 0 bridgehead atoms. The lowest BCUT2D eigenvalue weighted by molar-refractivity contribution is 0.624. The quantitative estimate of drug-likeness (QED) is 0.771. The predicted molar refractivity (Wildman–Crippen MR) is 83.6 cm³/mol. The molecule has 0 aromatic heterocycles. The van der Waals surface area contributed by atoms with Crippen molar-refractivity contribution >= 4 is 33.0 Å². The largest absolute Gasteiger partial charge is 0.387 e. The molecule has 0 saturated heterocycles. The summed E-state index contributed by atoms with van der Waals surface area (Å²) in [5.74, 6) is -0.583. The van der Waals surface area contributed by atoms with Crippen molar-refractivity contribution in [2.75, 3.05) is 24.7 Å². The molecule has 2 aromatic rings. The molecule has 0 fully saturated rings. The molecule has 0 atom stereocenters. The summed E-state index contributed by atoms with van der Waals surface area (Å²) in [7, 11) is 6.33. The Hall–Kier alpha value is -1.40. The predicted octanol–water partition coefficient (Wildman–Crippen LogP) is 4.85. The monoisotopic (exact) mass is 312 g/mol. The molecule has 0 spiro atoms. The van der Waals surface area contributed by atoms with Crippen LogP contribution in [0, 0.1) is 11.6 Å². The van der Waals surface area contributed by atoms with Crippen molar-refractivity contribution in [1.29, 1.82) is 0 Å². The van der Waals surface area contributed by atoms with E-state index < -0.39 is 0 Å². The first-order chi connectivity index (χ1) is 9.63. The van der Waals surface area contributed by atoms with Crippen LogP contribution in [0.25, 0.3) is 0 Å². The second kappa shape index (κ2) is 6.85. The van der Waals surface area contributed by atoms with Crippen LogP contribution in [0.5, 0.6) is 0 Å². The summed E-state index contributed by atoms with van der Waals surface area (Å²) in [5.41, 5.74) is 1.68. The second-order valence-electron chi connectivity index (χ2n) is 3.95. The Balaban J connectivity index is 2.20. The van der Waals surface area contributed by atoms with Gasteiger partial charge in [0.05, 0.1) is 0 Å². The van der Waals surface area contributed by atoms with E-state index >= 15 is 0 Å². The Labute approximate surface area is 124 Å². The molecule has 0 amide bonds. The van der Waals surface area contributed by atoms with E-state index in [4.69, 9.17) is 0 Å². The molecule has 0 aliphatic rings. The van der Waals surface area contributed by atoms with Crippen LogP contribution in [0.2, 0.25) is 0 Å². The van der Waals surface area contributed by atoms with Gasteiger partial charge in [-0.05, 0) is 36.4 Å². The van der Waals surface area contributed by atoms with Gasteiger partial charge in [0.2, 0.25) is 0 Å². The summed E-state index contributed by atoms with van der Waals surface area (Å²) >= 11 is 0. The van der Waals surface area contributed by atoms with E-state index in [9.17, 15) is 8.78 Å². The maximum absolute atomic E-state index is 13.3. The fourth-order valence-corrected chi connectivity index (χ4v) is 4.02. The van der Waals surface area contributed by atoms with Crippen molar-refractivity contribution in [3.8, 4) is 0 Å². The van der Waals surface area contributed by atoms with Crippen molar-refractivity contribution in [2.24, 2.45) is 0 Å². The molecule has 2 rings (SSSR count). The molecule has 20 heavy (non-hydrogen) atoms. The van der Waals surface area contributed by atoms with Gasteiger partial charge in [-0.3, -0.25) is 0 Å².